The Morgan fingerprint density at radius 2 is 1.68 bits per heavy atom. The highest BCUT2D eigenvalue weighted by atomic mass is 16.5. The number of anilines is 1. The molecule has 1 aliphatic rings. The molecule has 1 aromatic heterocycles. The van der Waals surface area contributed by atoms with Gasteiger partial charge in [0.15, 0.2) is 6.61 Å². The molecule has 1 atom stereocenters. The quantitative estimate of drug-likeness (QED) is 0.366. The number of nitrogens with zero attached hydrogens (tertiary/aromatic N) is 2. The fourth-order valence-corrected chi connectivity index (χ4v) is 3.96. The smallest absolute Gasteiger partial charge is 0.338 e. The summed E-state index contributed by atoms with van der Waals surface area (Å²) in [6.07, 6.45) is 0.380. The van der Waals surface area contributed by atoms with Crippen LogP contribution in [0.1, 0.15) is 57.9 Å². The lowest BCUT2D eigenvalue weighted by Gasteiger charge is -2.17. The first-order chi connectivity index (χ1) is 14.7. The van der Waals surface area contributed by atoms with Crippen LogP contribution in [0.25, 0.3) is 0 Å². The molecule has 0 saturated carbocycles. The second-order valence-electron chi connectivity index (χ2n) is 7.63. The minimum atomic E-state index is -0.652. The van der Waals surface area contributed by atoms with Crippen LogP contribution in [-0.4, -0.2) is 48.5 Å². The van der Waals surface area contributed by atoms with Gasteiger partial charge < -0.3 is 14.0 Å². The fourth-order valence-electron chi connectivity index (χ4n) is 3.96. The Morgan fingerprint density at radius 1 is 1.06 bits per heavy atom. The van der Waals surface area contributed by atoms with Gasteiger partial charge in [0.25, 0.3) is 0 Å². The number of imide groups is 1. The van der Waals surface area contributed by atoms with E-state index in [-0.39, 0.29) is 48.7 Å². The number of carbonyl (C=O) groups is 4. The Morgan fingerprint density at radius 3 is 2.26 bits per heavy atom. The molecule has 2 amide bonds. The summed E-state index contributed by atoms with van der Waals surface area (Å²) in [5.41, 5.74) is 2.88. The minimum absolute atomic E-state index is 0.0713. The van der Waals surface area contributed by atoms with Crippen LogP contribution in [0.15, 0.2) is 30.3 Å². The molecule has 3 rings (SSSR count). The van der Waals surface area contributed by atoms with Crippen LogP contribution in [-0.2, 0) is 19.1 Å². The van der Waals surface area contributed by atoms with Gasteiger partial charge in [0, 0.05) is 36.9 Å². The van der Waals surface area contributed by atoms with Gasteiger partial charge in [0.1, 0.15) is 0 Å². The molecule has 1 fully saturated rings. The average molecular weight is 426 g/mol. The number of ether oxygens (including phenoxy) is 2. The third kappa shape index (κ3) is 4.59. The number of carbonyl (C=O) groups excluding carboxylic acids is 4. The normalized spacial score (nSPS) is 14.8. The number of aromatic nitrogens is 1. The number of Topliss-reactive ketones (excluding diaryl/α,β-unsaturated/α-hetero) is 1. The zero-order valence-electron chi connectivity index (χ0n) is 18.1. The molecule has 0 spiro atoms. The summed E-state index contributed by atoms with van der Waals surface area (Å²) < 4.78 is 12.4. The van der Waals surface area contributed by atoms with E-state index in [9.17, 15) is 19.2 Å². The van der Waals surface area contributed by atoms with Gasteiger partial charge >= 0.3 is 5.97 Å². The molecule has 8 nitrogen and oxygen atoms in total. The molecule has 31 heavy (non-hydrogen) atoms. The van der Waals surface area contributed by atoms with Crippen molar-refractivity contribution in [3.05, 3.63) is 52.8 Å². The van der Waals surface area contributed by atoms with Crippen molar-refractivity contribution < 1.29 is 28.7 Å². The van der Waals surface area contributed by atoms with Crippen LogP contribution in [0.4, 0.5) is 5.69 Å². The maximum absolute atomic E-state index is 12.6. The van der Waals surface area contributed by atoms with Crippen molar-refractivity contribution in [1.29, 1.82) is 0 Å². The Hall–Kier alpha value is -3.26. The van der Waals surface area contributed by atoms with Crippen LogP contribution < -0.4 is 4.90 Å². The first kappa shape index (κ1) is 22.4. The Kier molecular flexibility index (Phi) is 6.70. The van der Waals surface area contributed by atoms with Crippen LogP contribution in [0, 0.1) is 13.8 Å². The molecule has 0 radical (unpaired) electrons. The molecule has 164 valence electrons. The summed E-state index contributed by atoms with van der Waals surface area (Å²) in [6.45, 7) is 5.91. The first-order valence-electron chi connectivity index (χ1n) is 10.1. The second kappa shape index (κ2) is 9.26. The van der Waals surface area contributed by atoms with Crippen molar-refractivity contribution >= 4 is 29.3 Å². The van der Waals surface area contributed by atoms with Crippen molar-refractivity contribution in [1.82, 2.24) is 4.57 Å². The minimum Gasteiger partial charge on any atom is -0.454 e. The van der Waals surface area contributed by atoms with E-state index in [0.717, 1.165) is 16.3 Å². The SMILES string of the molecule is COCC(C)n1c(C)cc(C(=O)COC(=O)c2ccc(N3C(=O)CCC3=O)cc2)c1C. The number of benzene rings is 1. The third-order valence-electron chi connectivity index (χ3n) is 5.38. The molecule has 0 aliphatic carbocycles. The lowest BCUT2D eigenvalue weighted by Crippen LogP contribution is -2.28. The summed E-state index contributed by atoms with van der Waals surface area (Å²) in [4.78, 5) is 49.7. The number of rotatable bonds is 8. The van der Waals surface area contributed by atoms with E-state index in [1.807, 2.05) is 25.3 Å². The lowest BCUT2D eigenvalue weighted by atomic mass is 10.1. The van der Waals surface area contributed by atoms with E-state index >= 15 is 0 Å². The number of amides is 2. The van der Waals surface area contributed by atoms with Gasteiger partial charge in [-0.25, -0.2) is 4.79 Å². The summed E-state index contributed by atoms with van der Waals surface area (Å²) in [7, 11) is 1.63. The van der Waals surface area contributed by atoms with Crippen molar-refractivity contribution in [2.24, 2.45) is 0 Å². The number of hydrogen-bond acceptors (Lipinski definition) is 6. The summed E-state index contributed by atoms with van der Waals surface area (Å²) in [6, 6.07) is 7.84. The zero-order valence-corrected chi connectivity index (χ0v) is 18.1. The van der Waals surface area contributed by atoms with Gasteiger partial charge in [-0.1, -0.05) is 0 Å². The fraction of sp³-hybridized carbons (Fsp3) is 0.391. The molecule has 1 aliphatic heterocycles. The lowest BCUT2D eigenvalue weighted by molar-refractivity contribution is -0.121. The maximum Gasteiger partial charge on any atom is 0.338 e. The van der Waals surface area contributed by atoms with Crippen LogP contribution in [0.3, 0.4) is 0 Å². The number of aryl methyl sites for hydroxylation is 1. The molecule has 0 N–H and O–H groups in total. The molecule has 0 bridgehead atoms. The van der Waals surface area contributed by atoms with Gasteiger partial charge in [-0.15, -0.1) is 0 Å². The molecule has 1 aromatic carbocycles. The van der Waals surface area contributed by atoms with Crippen LogP contribution in [0.5, 0.6) is 0 Å². The third-order valence-corrected chi connectivity index (χ3v) is 5.38. The van der Waals surface area contributed by atoms with E-state index in [0.29, 0.717) is 17.9 Å². The molecular formula is C23H26N2O6. The average Bonchev–Trinajstić information content (AvgIpc) is 3.23. The molecule has 8 heteroatoms. The van der Waals surface area contributed by atoms with E-state index in [1.54, 1.807) is 13.2 Å². The standard InChI is InChI=1S/C23H26N2O6/c1-14-11-19(16(3)24(14)15(2)12-30-4)20(26)13-31-23(29)17-5-7-18(8-6-17)25-21(27)9-10-22(25)28/h5-8,11,15H,9-10,12-13H2,1-4H3. The van der Waals surface area contributed by atoms with E-state index < -0.39 is 5.97 Å². The molecule has 2 heterocycles. The number of esters is 1. The van der Waals surface area contributed by atoms with Gasteiger partial charge in [-0.3, -0.25) is 19.3 Å². The Balaban J connectivity index is 1.64. The van der Waals surface area contributed by atoms with Crippen molar-refractivity contribution in [2.45, 2.75) is 39.7 Å². The summed E-state index contributed by atoms with van der Waals surface area (Å²) in [5, 5.41) is 0. The molecule has 1 unspecified atom stereocenters. The van der Waals surface area contributed by atoms with Gasteiger partial charge in [0.2, 0.25) is 17.6 Å². The van der Waals surface area contributed by atoms with Crippen molar-refractivity contribution in [3.63, 3.8) is 0 Å². The summed E-state index contributed by atoms with van der Waals surface area (Å²) >= 11 is 0. The highest BCUT2D eigenvalue weighted by Gasteiger charge is 2.30. The number of hydrogen-bond donors (Lipinski definition) is 0. The molecule has 1 saturated heterocycles. The molecule has 2 aromatic rings. The van der Waals surface area contributed by atoms with Gasteiger partial charge in [-0.05, 0) is 51.1 Å². The largest absolute Gasteiger partial charge is 0.454 e. The highest BCUT2D eigenvalue weighted by molar-refractivity contribution is 6.19. The Bertz CT molecular complexity index is 1010. The van der Waals surface area contributed by atoms with Gasteiger partial charge in [0.05, 0.1) is 23.9 Å². The zero-order chi connectivity index (χ0) is 22.7. The Labute approximate surface area is 180 Å². The van der Waals surface area contributed by atoms with Crippen molar-refractivity contribution in [2.75, 3.05) is 25.2 Å². The topological polar surface area (TPSA) is 94.9 Å². The summed E-state index contributed by atoms with van der Waals surface area (Å²) in [5.74, 6) is -1.46. The predicted molar refractivity (Wildman–Crippen MR) is 113 cm³/mol. The first-order valence-corrected chi connectivity index (χ1v) is 10.1. The van der Waals surface area contributed by atoms with Crippen molar-refractivity contribution in [3.8, 4) is 0 Å². The van der Waals surface area contributed by atoms with E-state index in [2.05, 4.69) is 0 Å². The number of methoxy groups -OCH3 is 1. The second-order valence-corrected chi connectivity index (χ2v) is 7.63. The van der Waals surface area contributed by atoms with Crippen LogP contribution in [0.2, 0.25) is 0 Å². The van der Waals surface area contributed by atoms with E-state index in [1.165, 1.54) is 24.3 Å². The molecular weight excluding hydrogens is 400 g/mol. The predicted octanol–water partition coefficient (Wildman–Crippen LogP) is 3.01. The maximum atomic E-state index is 12.6. The highest BCUT2D eigenvalue weighted by Crippen LogP contribution is 2.24. The monoisotopic (exact) mass is 426 g/mol. The van der Waals surface area contributed by atoms with E-state index in [4.69, 9.17) is 9.47 Å². The van der Waals surface area contributed by atoms with Crippen LogP contribution >= 0.6 is 0 Å². The van der Waals surface area contributed by atoms with Gasteiger partial charge in [-0.2, -0.15) is 0 Å². The number of ketones is 1.